The van der Waals surface area contributed by atoms with Gasteiger partial charge in [-0.3, -0.25) is 0 Å². The number of phenols is 2. The second-order valence-electron chi connectivity index (χ2n) is 7.72. The molecule has 0 saturated heterocycles. The van der Waals surface area contributed by atoms with Gasteiger partial charge in [0.15, 0.2) is 0 Å². The van der Waals surface area contributed by atoms with Crippen LogP contribution >= 0.6 is 9.24 Å². The zero-order valence-corrected chi connectivity index (χ0v) is 18.5. The molecule has 0 spiro atoms. The van der Waals surface area contributed by atoms with Crippen molar-refractivity contribution < 1.29 is 10.2 Å². The van der Waals surface area contributed by atoms with Crippen molar-refractivity contribution in [1.82, 2.24) is 0 Å². The van der Waals surface area contributed by atoms with E-state index in [2.05, 4.69) is 61.2 Å². The van der Waals surface area contributed by atoms with E-state index in [9.17, 15) is 10.2 Å². The molecular formula is C24H35O2P. The number of aromatic hydroxyl groups is 2. The molecule has 2 rings (SSSR count). The third-order valence-corrected chi connectivity index (χ3v) is 5.78. The monoisotopic (exact) mass is 386 g/mol. The molecule has 0 heterocycles. The third kappa shape index (κ3) is 5.26. The molecule has 0 saturated carbocycles. The molecule has 1 unspecified atom stereocenters. The molecule has 148 valence electrons. The average Bonchev–Trinajstić information content (AvgIpc) is 2.64. The molecule has 2 aromatic carbocycles. The van der Waals surface area contributed by atoms with Crippen molar-refractivity contribution in [2.24, 2.45) is 0 Å². The van der Waals surface area contributed by atoms with Crippen molar-refractivity contribution in [3.8, 4) is 11.5 Å². The fourth-order valence-corrected chi connectivity index (χ4v) is 4.34. The number of hydrogen-bond acceptors (Lipinski definition) is 2. The van der Waals surface area contributed by atoms with E-state index < -0.39 is 0 Å². The van der Waals surface area contributed by atoms with E-state index in [1.165, 1.54) is 0 Å². The minimum atomic E-state index is -0.0319. The summed E-state index contributed by atoms with van der Waals surface area (Å²) in [4.78, 5) is 0. The first-order valence-corrected chi connectivity index (χ1v) is 11.1. The summed E-state index contributed by atoms with van der Waals surface area (Å²) in [6.45, 7) is 8.51. The Morgan fingerprint density at radius 3 is 1.52 bits per heavy atom. The van der Waals surface area contributed by atoms with Gasteiger partial charge in [-0.1, -0.05) is 62.1 Å². The van der Waals surface area contributed by atoms with Crippen molar-refractivity contribution in [1.29, 1.82) is 0 Å². The Hall–Kier alpha value is -1.53. The lowest BCUT2D eigenvalue weighted by molar-refractivity contribution is 0.448. The highest BCUT2D eigenvalue weighted by atomic mass is 31.0. The Labute approximate surface area is 167 Å². The quantitative estimate of drug-likeness (QED) is 0.489. The van der Waals surface area contributed by atoms with E-state index in [0.717, 1.165) is 78.1 Å². The Bertz CT molecular complexity index is 704. The van der Waals surface area contributed by atoms with Crippen molar-refractivity contribution in [2.75, 3.05) is 6.16 Å². The smallest absolute Gasteiger partial charge is 0.122 e. The Balaban J connectivity index is 2.54. The molecule has 2 nitrogen and oxygen atoms in total. The highest BCUT2D eigenvalue weighted by molar-refractivity contribution is 7.16. The lowest BCUT2D eigenvalue weighted by Crippen LogP contribution is -2.07. The summed E-state index contributed by atoms with van der Waals surface area (Å²) in [6.07, 6.45) is 6.89. The van der Waals surface area contributed by atoms with Crippen molar-refractivity contribution >= 4 is 9.24 Å². The fourth-order valence-electron chi connectivity index (χ4n) is 3.84. The number of phenolic OH excluding ortho intramolecular Hbond substituents is 2. The van der Waals surface area contributed by atoms with Crippen molar-refractivity contribution in [2.45, 2.75) is 72.1 Å². The summed E-state index contributed by atoms with van der Waals surface area (Å²) < 4.78 is 0. The molecule has 2 aromatic rings. The molecule has 3 heteroatoms. The number of benzene rings is 2. The van der Waals surface area contributed by atoms with Crippen LogP contribution in [-0.2, 0) is 12.8 Å². The van der Waals surface area contributed by atoms with Crippen LogP contribution < -0.4 is 0 Å². The van der Waals surface area contributed by atoms with Crippen LogP contribution in [0.15, 0.2) is 24.3 Å². The normalized spacial score (nSPS) is 11.3. The summed E-state index contributed by atoms with van der Waals surface area (Å²) in [5.41, 5.74) is 6.23. The fraction of sp³-hybridized carbons (Fsp3) is 0.500. The summed E-state index contributed by atoms with van der Waals surface area (Å²) >= 11 is 0. The molecule has 0 radical (unpaired) electrons. The van der Waals surface area contributed by atoms with Crippen LogP contribution in [0.3, 0.4) is 0 Å². The van der Waals surface area contributed by atoms with E-state index in [1.54, 1.807) is 0 Å². The van der Waals surface area contributed by atoms with Gasteiger partial charge in [-0.2, -0.15) is 0 Å². The first kappa shape index (κ1) is 21.8. The molecule has 0 aromatic heterocycles. The standard InChI is InChI=1S/C24H35O2P/c1-5-7-9-18-11-16(3)13-20(23(18)25)22(15-27)21-14-17(4)12-19(24(21)26)10-8-6-2/h11-14,22,25-26H,5-10,15,27H2,1-4H3. The molecule has 0 fully saturated rings. The minimum Gasteiger partial charge on any atom is -0.507 e. The predicted molar refractivity (Wildman–Crippen MR) is 119 cm³/mol. The Morgan fingerprint density at radius 2 is 1.19 bits per heavy atom. The van der Waals surface area contributed by atoms with Crippen LogP contribution in [0.2, 0.25) is 0 Å². The van der Waals surface area contributed by atoms with Gasteiger partial charge in [-0.25, -0.2) is 0 Å². The number of hydrogen-bond donors (Lipinski definition) is 2. The van der Waals surface area contributed by atoms with E-state index in [0.29, 0.717) is 11.5 Å². The summed E-state index contributed by atoms with van der Waals surface area (Å²) in [5.74, 6) is 0.769. The highest BCUT2D eigenvalue weighted by Gasteiger charge is 2.23. The van der Waals surface area contributed by atoms with E-state index in [4.69, 9.17) is 0 Å². The zero-order valence-electron chi connectivity index (χ0n) is 17.3. The third-order valence-electron chi connectivity index (χ3n) is 5.31. The van der Waals surface area contributed by atoms with Gasteiger partial charge in [-0.15, -0.1) is 9.24 Å². The van der Waals surface area contributed by atoms with Gasteiger partial charge in [0, 0.05) is 17.0 Å². The van der Waals surface area contributed by atoms with Gasteiger partial charge >= 0.3 is 0 Å². The second kappa shape index (κ2) is 10.1. The molecular weight excluding hydrogens is 351 g/mol. The zero-order chi connectivity index (χ0) is 20.0. The predicted octanol–water partition coefficient (Wildman–Crippen LogP) is 6.41. The summed E-state index contributed by atoms with van der Waals surface area (Å²) in [6, 6.07) is 8.34. The summed E-state index contributed by atoms with van der Waals surface area (Å²) in [7, 11) is 2.80. The molecule has 0 amide bonds. The molecule has 0 aliphatic carbocycles. The van der Waals surface area contributed by atoms with Crippen LogP contribution in [0.5, 0.6) is 11.5 Å². The largest absolute Gasteiger partial charge is 0.507 e. The summed E-state index contributed by atoms with van der Waals surface area (Å²) in [5, 5.41) is 22.0. The molecule has 0 bridgehead atoms. The van der Waals surface area contributed by atoms with Crippen LogP contribution in [0.1, 0.15) is 78.8 Å². The SMILES string of the molecule is CCCCc1cc(C)cc(C(CP)c2cc(C)cc(CCCC)c2O)c1O. The maximum atomic E-state index is 11.0. The lowest BCUT2D eigenvalue weighted by Gasteiger charge is -2.23. The average molecular weight is 387 g/mol. The Kier molecular flexibility index (Phi) is 8.17. The maximum Gasteiger partial charge on any atom is 0.122 e. The molecule has 2 N–H and O–H groups in total. The minimum absolute atomic E-state index is 0.0319. The number of rotatable bonds is 9. The first-order chi connectivity index (χ1) is 12.9. The molecule has 0 aliphatic heterocycles. The molecule has 27 heavy (non-hydrogen) atoms. The lowest BCUT2D eigenvalue weighted by atomic mass is 9.86. The number of unbranched alkanes of at least 4 members (excludes halogenated alkanes) is 2. The molecule has 0 aliphatic rings. The maximum absolute atomic E-state index is 11.0. The van der Waals surface area contributed by atoms with E-state index in [-0.39, 0.29) is 5.92 Å². The van der Waals surface area contributed by atoms with Crippen LogP contribution in [0.4, 0.5) is 0 Å². The van der Waals surface area contributed by atoms with Crippen LogP contribution in [0, 0.1) is 13.8 Å². The van der Waals surface area contributed by atoms with Gasteiger partial charge in [0.1, 0.15) is 11.5 Å². The van der Waals surface area contributed by atoms with Gasteiger partial charge < -0.3 is 10.2 Å². The number of aryl methyl sites for hydroxylation is 4. The van der Waals surface area contributed by atoms with E-state index in [1.807, 2.05) is 0 Å². The second-order valence-corrected chi connectivity index (χ2v) is 8.19. The van der Waals surface area contributed by atoms with Gasteiger partial charge in [0.05, 0.1) is 0 Å². The van der Waals surface area contributed by atoms with Crippen LogP contribution in [0.25, 0.3) is 0 Å². The van der Waals surface area contributed by atoms with E-state index >= 15 is 0 Å². The van der Waals surface area contributed by atoms with Crippen molar-refractivity contribution in [3.63, 3.8) is 0 Å². The van der Waals surface area contributed by atoms with Gasteiger partial charge in [0.25, 0.3) is 0 Å². The topological polar surface area (TPSA) is 40.5 Å². The Morgan fingerprint density at radius 1 is 0.778 bits per heavy atom. The highest BCUT2D eigenvalue weighted by Crippen LogP contribution is 2.41. The first-order valence-electron chi connectivity index (χ1n) is 10.3. The van der Waals surface area contributed by atoms with Gasteiger partial charge in [0.2, 0.25) is 0 Å². The van der Waals surface area contributed by atoms with Crippen molar-refractivity contribution in [3.05, 3.63) is 57.6 Å². The van der Waals surface area contributed by atoms with Gasteiger partial charge in [-0.05, 0) is 56.8 Å². The molecule has 1 atom stereocenters. The van der Waals surface area contributed by atoms with Crippen LogP contribution in [-0.4, -0.2) is 16.4 Å².